The van der Waals surface area contributed by atoms with Crippen LogP contribution in [-0.2, 0) is 11.3 Å². The molecule has 0 spiro atoms. The summed E-state index contributed by atoms with van der Waals surface area (Å²) in [7, 11) is 1.57. The molecule has 0 aliphatic carbocycles. The van der Waals surface area contributed by atoms with Gasteiger partial charge in [0.15, 0.2) is 0 Å². The molecule has 0 saturated carbocycles. The molecule has 0 bridgehead atoms. The predicted octanol–water partition coefficient (Wildman–Crippen LogP) is 3.45. The molecule has 0 aliphatic heterocycles. The lowest BCUT2D eigenvalue weighted by Gasteiger charge is -2.08. The lowest BCUT2D eigenvalue weighted by molar-refractivity contribution is -0.114. The van der Waals surface area contributed by atoms with Gasteiger partial charge in [0, 0.05) is 12.6 Å². The third kappa shape index (κ3) is 3.97. The van der Waals surface area contributed by atoms with E-state index >= 15 is 0 Å². The van der Waals surface area contributed by atoms with Crippen molar-refractivity contribution in [2.75, 3.05) is 17.7 Å². The van der Waals surface area contributed by atoms with E-state index in [4.69, 9.17) is 9.26 Å². The van der Waals surface area contributed by atoms with Crippen LogP contribution in [0.3, 0.4) is 0 Å². The largest absolute Gasteiger partial charge is 0.496 e. The highest BCUT2D eigenvalue weighted by atomic mass is 19.1. The molecule has 3 rings (SSSR count). The van der Waals surface area contributed by atoms with Crippen LogP contribution in [0.2, 0.25) is 0 Å². The van der Waals surface area contributed by atoms with Crippen molar-refractivity contribution < 1.29 is 18.4 Å². The van der Waals surface area contributed by atoms with Crippen LogP contribution in [0.15, 0.2) is 47.0 Å². The molecule has 1 aromatic heterocycles. The van der Waals surface area contributed by atoms with Gasteiger partial charge in [-0.05, 0) is 30.3 Å². The number of rotatable bonds is 6. The molecule has 8 heteroatoms. The molecule has 2 aromatic carbocycles. The Morgan fingerprint density at radius 3 is 2.85 bits per heavy atom. The van der Waals surface area contributed by atoms with Gasteiger partial charge in [0.05, 0.1) is 24.9 Å². The smallest absolute Gasteiger partial charge is 0.246 e. The monoisotopic (exact) mass is 356 g/mol. The summed E-state index contributed by atoms with van der Waals surface area (Å²) in [6.07, 6.45) is 0. The van der Waals surface area contributed by atoms with Gasteiger partial charge >= 0.3 is 0 Å². The summed E-state index contributed by atoms with van der Waals surface area (Å²) >= 11 is 0. The third-order valence-electron chi connectivity index (χ3n) is 3.54. The maximum Gasteiger partial charge on any atom is 0.246 e. The molecule has 7 nitrogen and oxygen atoms in total. The average Bonchev–Trinajstić information content (AvgIpc) is 3.10. The number of hydrogen-bond donors (Lipinski definition) is 2. The number of hydrogen-bond acceptors (Lipinski definition) is 6. The molecule has 0 fully saturated rings. The minimum absolute atomic E-state index is 0.0998. The van der Waals surface area contributed by atoms with E-state index in [9.17, 15) is 9.18 Å². The highest BCUT2D eigenvalue weighted by molar-refractivity contribution is 5.89. The van der Waals surface area contributed by atoms with Crippen LogP contribution in [-0.4, -0.2) is 23.2 Å². The number of carbonyl (C=O) groups is 1. The van der Waals surface area contributed by atoms with Crippen molar-refractivity contribution in [3.05, 3.63) is 54.2 Å². The van der Waals surface area contributed by atoms with Gasteiger partial charge in [0.1, 0.15) is 11.6 Å². The van der Waals surface area contributed by atoms with E-state index in [1.165, 1.54) is 19.1 Å². The van der Waals surface area contributed by atoms with Gasteiger partial charge in [-0.1, -0.05) is 17.3 Å². The van der Waals surface area contributed by atoms with Gasteiger partial charge < -0.3 is 19.9 Å². The van der Waals surface area contributed by atoms with Gasteiger partial charge in [0.25, 0.3) is 0 Å². The fourth-order valence-corrected chi connectivity index (χ4v) is 2.36. The maximum atomic E-state index is 13.7. The number of benzene rings is 2. The van der Waals surface area contributed by atoms with Crippen molar-refractivity contribution in [1.29, 1.82) is 0 Å². The predicted molar refractivity (Wildman–Crippen MR) is 94.3 cm³/mol. The Hall–Kier alpha value is -3.42. The third-order valence-corrected chi connectivity index (χ3v) is 3.54. The number of amides is 1. The standard InChI is InChI=1S/C18H17FN4O3/c1-11(24)21-15-9-12(7-8-14(15)19)20-10-17-22-18(23-26-17)13-5-3-4-6-16(13)25-2/h3-9,20H,10H2,1-2H3,(H,21,24). The first kappa shape index (κ1) is 17.4. The van der Waals surface area contributed by atoms with Crippen LogP contribution in [0, 0.1) is 5.82 Å². The lowest BCUT2D eigenvalue weighted by Crippen LogP contribution is -2.08. The topological polar surface area (TPSA) is 89.3 Å². The van der Waals surface area contributed by atoms with Crippen molar-refractivity contribution in [2.45, 2.75) is 13.5 Å². The van der Waals surface area contributed by atoms with E-state index in [1.54, 1.807) is 13.2 Å². The molecule has 26 heavy (non-hydrogen) atoms. The number of methoxy groups -OCH3 is 1. The van der Waals surface area contributed by atoms with E-state index in [-0.39, 0.29) is 18.1 Å². The summed E-state index contributed by atoms with van der Waals surface area (Å²) < 4.78 is 24.2. The number of anilines is 2. The van der Waals surface area contributed by atoms with Crippen molar-refractivity contribution in [3.8, 4) is 17.1 Å². The van der Waals surface area contributed by atoms with Crippen LogP contribution in [0.1, 0.15) is 12.8 Å². The molecule has 0 unspecified atom stereocenters. The van der Waals surface area contributed by atoms with E-state index in [2.05, 4.69) is 20.8 Å². The number of carbonyl (C=O) groups excluding carboxylic acids is 1. The van der Waals surface area contributed by atoms with E-state index in [1.807, 2.05) is 24.3 Å². The minimum atomic E-state index is -0.512. The normalized spacial score (nSPS) is 10.4. The van der Waals surface area contributed by atoms with Gasteiger partial charge in [0.2, 0.25) is 17.6 Å². The Kier molecular flexibility index (Phi) is 5.12. The van der Waals surface area contributed by atoms with Gasteiger partial charge in [-0.15, -0.1) is 0 Å². The number of halogens is 1. The minimum Gasteiger partial charge on any atom is -0.496 e. The molecular weight excluding hydrogens is 339 g/mol. The fourth-order valence-electron chi connectivity index (χ4n) is 2.36. The quantitative estimate of drug-likeness (QED) is 0.703. The van der Waals surface area contributed by atoms with Gasteiger partial charge in [-0.3, -0.25) is 4.79 Å². The zero-order valence-corrected chi connectivity index (χ0v) is 14.2. The van der Waals surface area contributed by atoms with Crippen molar-refractivity contribution in [1.82, 2.24) is 10.1 Å². The molecule has 0 atom stereocenters. The molecule has 2 N–H and O–H groups in total. The second kappa shape index (κ2) is 7.64. The summed E-state index contributed by atoms with van der Waals surface area (Å²) in [5.41, 5.74) is 1.43. The molecule has 0 saturated heterocycles. The molecule has 3 aromatic rings. The van der Waals surface area contributed by atoms with Crippen LogP contribution >= 0.6 is 0 Å². The second-order valence-corrected chi connectivity index (χ2v) is 5.44. The number of aromatic nitrogens is 2. The molecule has 1 heterocycles. The second-order valence-electron chi connectivity index (χ2n) is 5.44. The maximum absolute atomic E-state index is 13.7. The molecule has 134 valence electrons. The lowest BCUT2D eigenvalue weighted by atomic mass is 10.2. The number of ether oxygens (including phenoxy) is 1. The highest BCUT2D eigenvalue weighted by Gasteiger charge is 2.13. The molecule has 0 radical (unpaired) electrons. The molecule has 1 amide bonds. The van der Waals surface area contributed by atoms with Crippen LogP contribution < -0.4 is 15.4 Å². The van der Waals surface area contributed by atoms with E-state index in [0.717, 1.165) is 5.56 Å². The van der Waals surface area contributed by atoms with E-state index < -0.39 is 5.82 Å². The van der Waals surface area contributed by atoms with Crippen LogP contribution in [0.25, 0.3) is 11.4 Å². The first-order valence-electron chi connectivity index (χ1n) is 7.84. The summed E-state index contributed by atoms with van der Waals surface area (Å²) in [6, 6.07) is 11.7. The van der Waals surface area contributed by atoms with Gasteiger partial charge in [-0.2, -0.15) is 4.98 Å². The van der Waals surface area contributed by atoms with Crippen LogP contribution in [0.5, 0.6) is 5.75 Å². The molecule has 0 aliphatic rings. The van der Waals surface area contributed by atoms with Crippen molar-refractivity contribution >= 4 is 17.3 Å². The van der Waals surface area contributed by atoms with Gasteiger partial charge in [-0.25, -0.2) is 4.39 Å². The summed E-state index contributed by atoms with van der Waals surface area (Å²) in [5, 5.41) is 9.44. The Labute approximate surface area is 149 Å². The number of nitrogens with one attached hydrogen (secondary N) is 2. The average molecular weight is 356 g/mol. The highest BCUT2D eigenvalue weighted by Crippen LogP contribution is 2.27. The fraction of sp³-hybridized carbons (Fsp3) is 0.167. The van der Waals surface area contributed by atoms with Crippen molar-refractivity contribution in [2.24, 2.45) is 0 Å². The number of nitrogens with zero attached hydrogens (tertiary/aromatic N) is 2. The summed E-state index contributed by atoms with van der Waals surface area (Å²) in [4.78, 5) is 15.4. The Bertz CT molecular complexity index is 926. The first-order chi connectivity index (χ1) is 12.6. The Morgan fingerprint density at radius 1 is 1.27 bits per heavy atom. The summed E-state index contributed by atoms with van der Waals surface area (Å²) in [6.45, 7) is 1.56. The zero-order chi connectivity index (χ0) is 18.5. The molecular formula is C18H17FN4O3. The Balaban J connectivity index is 1.71. The summed E-state index contributed by atoms with van der Waals surface area (Å²) in [5.74, 6) is 0.557. The Morgan fingerprint density at radius 2 is 2.08 bits per heavy atom. The zero-order valence-electron chi connectivity index (χ0n) is 14.2. The first-order valence-corrected chi connectivity index (χ1v) is 7.84. The SMILES string of the molecule is COc1ccccc1-c1noc(CNc2ccc(F)c(NC(C)=O)c2)n1. The van der Waals surface area contributed by atoms with Crippen molar-refractivity contribution in [3.63, 3.8) is 0 Å². The number of para-hydroxylation sites is 1. The van der Waals surface area contributed by atoms with Crippen LogP contribution in [0.4, 0.5) is 15.8 Å². The van der Waals surface area contributed by atoms with E-state index in [0.29, 0.717) is 23.2 Å².